The molecule has 0 aliphatic heterocycles. The smallest absolute Gasteiger partial charge is 0.263 e. The Kier molecular flexibility index (Phi) is 5.40. The Morgan fingerprint density at radius 2 is 2.08 bits per heavy atom. The van der Waals surface area contributed by atoms with E-state index in [1.165, 1.54) is 11.3 Å². The maximum absolute atomic E-state index is 12.0. The van der Waals surface area contributed by atoms with E-state index in [-0.39, 0.29) is 5.91 Å². The zero-order chi connectivity index (χ0) is 17.6. The Bertz CT molecular complexity index is 881. The van der Waals surface area contributed by atoms with Gasteiger partial charge in [0.05, 0.1) is 6.20 Å². The second-order valence-corrected chi connectivity index (χ2v) is 6.58. The fraction of sp³-hybridized carbons (Fsp3) is 0.211. The highest BCUT2D eigenvalue weighted by Crippen LogP contribution is 2.27. The predicted octanol–water partition coefficient (Wildman–Crippen LogP) is 4.42. The van der Waals surface area contributed by atoms with Gasteiger partial charge in [0.25, 0.3) is 5.91 Å². The largest absolute Gasteiger partial charge is 0.360 e. The van der Waals surface area contributed by atoms with E-state index in [2.05, 4.69) is 15.5 Å². The maximum Gasteiger partial charge on any atom is 0.263 e. The van der Waals surface area contributed by atoms with Gasteiger partial charge in [-0.1, -0.05) is 42.4 Å². The summed E-state index contributed by atoms with van der Waals surface area (Å²) in [5.41, 5.74) is 2.71. The number of hydrogen-bond acceptors (Lipinski definition) is 5. The molecule has 6 heteroatoms. The van der Waals surface area contributed by atoms with Crippen molar-refractivity contribution in [1.82, 2.24) is 15.5 Å². The van der Waals surface area contributed by atoms with Gasteiger partial charge in [0.1, 0.15) is 21.3 Å². The molecular weight excluding hydrogens is 334 g/mol. The van der Waals surface area contributed by atoms with Crippen LogP contribution in [0.2, 0.25) is 0 Å². The van der Waals surface area contributed by atoms with Crippen LogP contribution in [0.1, 0.15) is 39.3 Å². The van der Waals surface area contributed by atoms with Gasteiger partial charge >= 0.3 is 0 Å². The highest BCUT2D eigenvalue weighted by atomic mass is 32.1. The summed E-state index contributed by atoms with van der Waals surface area (Å²) in [6.45, 7) is 4.57. The number of hydrogen-bond donors (Lipinski definition) is 1. The van der Waals surface area contributed by atoms with Gasteiger partial charge in [-0.2, -0.15) is 0 Å². The molecule has 2 heterocycles. The van der Waals surface area contributed by atoms with Crippen LogP contribution in [0.25, 0.3) is 23.4 Å². The highest BCUT2D eigenvalue weighted by Gasteiger charge is 2.13. The van der Waals surface area contributed by atoms with E-state index in [0.29, 0.717) is 11.4 Å². The summed E-state index contributed by atoms with van der Waals surface area (Å²) in [5.74, 6) is 0.665. The molecule has 0 radical (unpaired) electrons. The van der Waals surface area contributed by atoms with E-state index in [0.717, 1.165) is 34.0 Å². The Balaban J connectivity index is 1.81. The van der Waals surface area contributed by atoms with Crippen LogP contribution in [0, 0.1) is 6.92 Å². The first-order chi connectivity index (χ1) is 12.2. The molecule has 0 saturated carbocycles. The summed E-state index contributed by atoms with van der Waals surface area (Å²) in [4.78, 5) is 16.9. The minimum absolute atomic E-state index is 0.0786. The summed E-state index contributed by atoms with van der Waals surface area (Å²) < 4.78 is 5.34. The Labute approximate surface area is 150 Å². The van der Waals surface area contributed by atoms with E-state index in [4.69, 9.17) is 4.52 Å². The monoisotopic (exact) mass is 353 g/mol. The minimum atomic E-state index is -0.0786. The lowest BCUT2D eigenvalue weighted by atomic mass is 10.1. The van der Waals surface area contributed by atoms with Crippen LogP contribution in [0.15, 0.2) is 41.1 Å². The molecule has 0 saturated heterocycles. The van der Waals surface area contributed by atoms with E-state index < -0.39 is 0 Å². The second-order valence-electron chi connectivity index (χ2n) is 5.52. The average molecular weight is 353 g/mol. The molecule has 0 unspecified atom stereocenters. The van der Waals surface area contributed by atoms with E-state index >= 15 is 0 Å². The number of nitrogens with zero attached hydrogens (tertiary/aromatic N) is 2. The van der Waals surface area contributed by atoms with Crippen molar-refractivity contribution in [3.05, 3.63) is 57.7 Å². The van der Waals surface area contributed by atoms with Gasteiger partial charge in [0.15, 0.2) is 0 Å². The zero-order valence-electron chi connectivity index (χ0n) is 14.2. The number of amides is 1. The van der Waals surface area contributed by atoms with Crippen molar-refractivity contribution in [2.24, 2.45) is 0 Å². The van der Waals surface area contributed by atoms with E-state index in [9.17, 15) is 4.79 Å². The number of thiazole rings is 1. The number of rotatable bonds is 6. The minimum Gasteiger partial charge on any atom is -0.360 e. The van der Waals surface area contributed by atoms with E-state index in [1.807, 2.05) is 56.3 Å². The summed E-state index contributed by atoms with van der Waals surface area (Å²) in [6, 6.07) is 9.89. The van der Waals surface area contributed by atoms with Crippen molar-refractivity contribution in [2.75, 3.05) is 6.54 Å². The van der Waals surface area contributed by atoms with Crippen molar-refractivity contribution < 1.29 is 9.32 Å². The zero-order valence-corrected chi connectivity index (χ0v) is 15.0. The van der Waals surface area contributed by atoms with Crippen molar-refractivity contribution >= 4 is 29.4 Å². The van der Waals surface area contributed by atoms with Crippen LogP contribution in [0.5, 0.6) is 0 Å². The van der Waals surface area contributed by atoms with Crippen LogP contribution in [0.4, 0.5) is 0 Å². The third-order valence-electron chi connectivity index (χ3n) is 3.63. The van der Waals surface area contributed by atoms with Gasteiger partial charge < -0.3 is 9.84 Å². The average Bonchev–Trinajstić information content (AvgIpc) is 3.25. The third-order valence-corrected chi connectivity index (χ3v) is 4.59. The third kappa shape index (κ3) is 4.03. The standard InChI is InChI=1S/C19H19N3O2S/c1-3-11-20-19(23)16-12-21-17(25-16)10-9-15-13(2)24-22-18(15)14-7-5-4-6-8-14/h4-10,12H,3,11H2,1-2H3,(H,20,23). The topological polar surface area (TPSA) is 68.0 Å². The van der Waals surface area contributed by atoms with Crippen molar-refractivity contribution in [1.29, 1.82) is 0 Å². The van der Waals surface area contributed by atoms with Gasteiger partial charge in [-0.3, -0.25) is 4.79 Å². The molecule has 25 heavy (non-hydrogen) atoms. The molecule has 1 amide bonds. The van der Waals surface area contributed by atoms with Gasteiger partial charge in [-0.05, 0) is 25.5 Å². The molecule has 2 aromatic heterocycles. The molecule has 0 atom stereocenters. The van der Waals surface area contributed by atoms with Crippen molar-refractivity contribution in [2.45, 2.75) is 20.3 Å². The van der Waals surface area contributed by atoms with Crippen molar-refractivity contribution in [3.8, 4) is 11.3 Å². The van der Waals surface area contributed by atoms with Gasteiger partial charge in [0.2, 0.25) is 0 Å². The Morgan fingerprint density at radius 1 is 1.28 bits per heavy atom. The van der Waals surface area contributed by atoms with E-state index in [1.54, 1.807) is 6.20 Å². The van der Waals surface area contributed by atoms with Crippen molar-refractivity contribution in [3.63, 3.8) is 0 Å². The van der Waals surface area contributed by atoms with Gasteiger partial charge in [-0.15, -0.1) is 11.3 Å². The van der Waals surface area contributed by atoms with Crippen LogP contribution >= 0.6 is 11.3 Å². The molecule has 1 aromatic carbocycles. The van der Waals surface area contributed by atoms with Crippen LogP contribution < -0.4 is 5.32 Å². The molecule has 3 rings (SSSR count). The number of carbonyl (C=O) groups excluding carboxylic acids is 1. The predicted molar refractivity (Wildman–Crippen MR) is 100 cm³/mol. The molecule has 1 N–H and O–H groups in total. The SMILES string of the molecule is CCCNC(=O)c1cnc(C=Cc2c(-c3ccccc3)noc2C)s1. The number of aryl methyl sites for hydroxylation is 1. The van der Waals surface area contributed by atoms with Crippen LogP contribution in [-0.2, 0) is 0 Å². The molecule has 3 aromatic rings. The number of aromatic nitrogens is 2. The Morgan fingerprint density at radius 3 is 2.84 bits per heavy atom. The first-order valence-corrected chi connectivity index (χ1v) is 8.94. The first-order valence-electron chi connectivity index (χ1n) is 8.13. The molecular formula is C19H19N3O2S. The lowest BCUT2D eigenvalue weighted by Gasteiger charge is -1.98. The molecule has 0 aliphatic rings. The second kappa shape index (κ2) is 7.90. The lowest BCUT2D eigenvalue weighted by Crippen LogP contribution is -2.22. The van der Waals surface area contributed by atoms with Crippen LogP contribution in [-0.4, -0.2) is 22.6 Å². The molecule has 128 valence electrons. The summed E-state index contributed by atoms with van der Waals surface area (Å²) in [7, 11) is 0. The fourth-order valence-electron chi connectivity index (χ4n) is 2.33. The van der Waals surface area contributed by atoms with Gasteiger partial charge in [0, 0.05) is 17.7 Å². The molecule has 5 nitrogen and oxygen atoms in total. The first kappa shape index (κ1) is 17.1. The summed E-state index contributed by atoms with van der Waals surface area (Å²) in [6.07, 6.45) is 6.33. The van der Waals surface area contributed by atoms with Crippen LogP contribution in [0.3, 0.4) is 0 Å². The number of carbonyl (C=O) groups is 1. The molecule has 0 aliphatic carbocycles. The molecule has 0 bridgehead atoms. The number of benzene rings is 1. The quantitative estimate of drug-likeness (QED) is 0.712. The van der Waals surface area contributed by atoms with Gasteiger partial charge in [-0.25, -0.2) is 4.98 Å². The summed E-state index contributed by atoms with van der Waals surface area (Å²) >= 11 is 1.36. The fourth-order valence-corrected chi connectivity index (χ4v) is 3.07. The highest BCUT2D eigenvalue weighted by molar-refractivity contribution is 7.14. The molecule has 0 spiro atoms. The maximum atomic E-state index is 12.0. The lowest BCUT2D eigenvalue weighted by molar-refractivity contribution is 0.0957. The molecule has 0 fully saturated rings. The normalized spacial score (nSPS) is 11.1. The Hall–Kier alpha value is -2.73. The summed E-state index contributed by atoms with van der Waals surface area (Å²) in [5, 5.41) is 7.78. The number of nitrogens with one attached hydrogen (secondary N) is 1.